The molecule has 0 saturated carbocycles. The zero-order chi connectivity index (χ0) is 17.4. The number of hydrogen-bond acceptors (Lipinski definition) is 4. The molecule has 1 aliphatic heterocycles. The van der Waals surface area contributed by atoms with E-state index in [1.807, 2.05) is 0 Å². The maximum atomic E-state index is 12.6. The number of aromatic nitrogens is 3. The summed E-state index contributed by atoms with van der Waals surface area (Å²) < 4.78 is 6.55. The number of fused-ring (bicyclic) bond motifs is 2. The molecule has 2 amide bonds. The van der Waals surface area contributed by atoms with Crippen molar-refractivity contribution in [3.63, 3.8) is 0 Å². The summed E-state index contributed by atoms with van der Waals surface area (Å²) in [7, 11) is 1.57. The van der Waals surface area contributed by atoms with Gasteiger partial charge in [-0.15, -0.1) is 0 Å². The Balaban J connectivity index is 1.57. The van der Waals surface area contributed by atoms with E-state index in [2.05, 4.69) is 15.4 Å². The molecule has 3 heterocycles. The third-order valence-electron chi connectivity index (χ3n) is 4.30. The fourth-order valence-corrected chi connectivity index (χ4v) is 2.99. The summed E-state index contributed by atoms with van der Waals surface area (Å²) in [5, 5.41) is 5.68. The largest absolute Gasteiger partial charge is 0.497 e. The molecule has 0 unspecified atom stereocenters. The second kappa shape index (κ2) is 5.97. The Kier molecular flexibility index (Phi) is 3.64. The van der Waals surface area contributed by atoms with E-state index in [1.165, 1.54) is 4.52 Å². The number of carbonyl (C=O) groups excluding carboxylic acids is 1. The zero-order valence-corrected chi connectivity index (χ0v) is 13.7. The van der Waals surface area contributed by atoms with Gasteiger partial charge < -0.3 is 15.0 Å². The fourth-order valence-electron chi connectivity index (χ4n) is 2.99. The lowest BCUT2D eigenvalue weighted by Gasteiger charge is -2.27. The van der Waals surface area contributed by atoms with Crippen molar-refractivity contribution >= 4 is 17.4 Å². The minimum Gasteiger partial charge on any atom is -0.497 e. The summed E-state index contributed by atoms with van der Waals surface area (Å²) in [6.45, 7) is 0.745. The standard InChI is InChI=1S/C17H17N5O3/c1-25-12-4-2-3-11(9-12)19-17(24)21-8-6-14-13(10-21)16(23)22-15(20-14)5-7-18-22/h2-5,7,9,18H,6,8,10H2,1H3,(H,19,24). The average Bonchev–Trinajstić information content (AvgIpc) is 3.10. The summed E-state index contributed by atoms with van der Waals surface area (Å²) in [6.07, 6.45) is 2.22. The van der Waals surface area contributed by atoms with Gasteiger partial charge >= 0.3 is 6.03 Å². The van der Waals surface area contributed by atoms with Gasteiger partial charge in [-0.25, -0.2) is 14.3 Å². The second-order valence-corrected chi connectivity index (χ2v) is 5.83. The first-order valence-electron chi connectivity index (χ1n) is 7.93. The van der Waals surface area contributed by atoms with Crippen LogP contribution in [0.4, 0.5) is 10.5 Å². The van der Waals surface area contributed by atoms with E-state index < -0.39 is 0 Å². The first kappa shape index (κ1) is 15.3. The minimum absolute atomic E-state index is 0.163. The molecule has 2 N–H and O–H groups in total. The van der Waals surface area contributed by atoms with Gasteiger partial charge in [0.2, 0.25) is 0 Å². The van der Waals surface area contributed by atoms with Gasteiger partial charge in [-0.3, -0.25) is 9.89 Å². The molecule has 8 nitrogen and oxygen atoms in total. The molecule has 1 aromatic carbocycles. The number of benzene rings is 1. The number of H-pyrrole nitrogens is 1. The Morgan fingerprint density at radius 2 is 2.24 bits per heavy atom. The SMILES string of the molecule is COc1cccc(NC(=O)N2CCc3nc4cc[nH]n4c(=O)c3C2)c1. The summed E-state index contributed by atoms with van der Waals surface area (Å²) >= 11 is 0. The number of methoxy groups -OCH3 is 1. The summed E-state index contributed by atoms with van der Waals surface area (Å²) in [6, 6.07) is 8.64. The van der Waals surface area contributed by atoms with Gasteiger partial charge in [0.25, 0.3) is 5.56 Å². The molecule has 25 heavy (non-hydrogen) atoms. The van der Waals surface area contributed by atoms with Crippen LogP contribution in [0.1, 0.15) is 11.3 Å². The van der Waals surface area contributed by atoms with Crippen molar-refractivity contribution in [1.29, 1.82) is 0 Å². The van der Waals surface area contributed by atoms with Gasteiger partial charge in [0.05, 0.1) is 24.9 Å². The summed E-state index contributed by atoms with van der Waals surface area (Å²) in [5.41, 5.74) is 2.38. The molecule has 0 atom stereocenters. The predicted molar refractivity (Wildman–Crippen MR) is 91.9 cm³/mol. The van der Waals surface area contributed by atoms with E-state index in [-0.39, 0.29) is 18.1 Å². The number of nitrogens with one attached hydrogen (secondary N) is 2. The van der Waals surface area contributed by atoms with Crippen LogP contribution in [-0.2, 0) is 13.0 Å². The third kappa shape index (κ3) is 2.71. The molecule has 0 aliphatic carbocycles. The number of rotatable bonds is 2. The zero-order valence-electron chi connectivity index (χ0n) is 13.7. The van der Waals surface area contributed by atoms with Crippen LogP contribution < -0.4 is 15.6 Å². The number of aromatic amines is 1. The second-order valence-electron chi connectivity index (χ2n) is 5.83. The van der Waals surface area contributed by atoms with Crippen molar-refractivity contribution in [2.45, 2.75) is 13.0 Å². The van der Waals surface area contributed by atoms with Crippen molar-refractivity contribution in [2.24, 2.45) is 0 Å². The van der Waals surface area contributed by atoms with Crippen molar-refractivity contribution in [3.8, 4) is 5.75 Å². The Morgan fingerprint density at radius 1 is 1.36 bits per heavy atom. The van der Waals surface area contributed by atoms with Crippen molar-refractivity contribution < 1.29 is 9.53 Å². The fraction of sp³-hybridized carbons (Fsp3) is 0.235. The smallest absolute Gasteiger partial charge is 0.322 e. The molecule has 4 rings (SSSR count). The lowest BCUT2D eigenvalue weighted by atomic mass is 10.1. The third-order valence-corrected chi connectivity index (χ3v) is 4.30. The van der Waals surface area contributed by atoms with E-state index >= 15 is 0 Å². The molecular weight excluding hydrogens is 322 g/mol. The lowest BCUT2D eigenvalue weighted by Crippen LogP contribution is -2.42. The van der Waals surface area contributed by atoms with Gasteiger partial charge in [-0.2, -0.15) is 0 Å². The number of carbonyl (C=O) groups is 1. The highest BCUT2D eigenvalue weighted by Gasteiger charge is 2.25. The van der Waals surface area contributed by atoms with Crippen LogP contribution in [0.25, 0.3) is 5.65 Å². The highest BCUT2D eigenvalue weighted by atomic mass is 16.5. The molecule has 3 aromatic rings. The van der Waals surface area contributed by atoms with Crippen molar-refractivity contribution in [2.75, 3.05) is 19.0 Å². The molecule has 0 radical (unpaired) electrons. The molecule has 128 valence electrons. The minimum atomic E-state index is -0.255. The van der Waals surface area contributed by atoms with Crippen LogP contribution in [0.2, 0.25) is 0 Å². The van der Waals surface area contributed by atoms with Crippen molar-refractivity contribution in [1.82, 2.24) is 19.5 Å². The van der Waals surface area contributed by atoms with Crippen LogP contribution in [0.3, 0.4) is 0 Å². The van der Waals surface area contributed by atoms with E-state index in [0.29, 0.717) is 35.6 Å². The number of nitrogens with zero attached hydrogens (tertiary/aromatic N) is 3. The molecular formula is C17H17N5O3. The predicted octanol–water partition coefficient (Wildman–Crippen LogP) is 1.62. The maximum Gasteiger partial charge on any atom is 0.322 e. The van der Waals surface area contributed by atoms with Crippen molar-refractivity contribution in [3.05, 3.63) is 58.1 Å². The van der Waals surface area contributed by atoms with Gasteiger partial charge in [0.15, 0.2) is 5.65 Å². The van der Waals surface area contributed by atoms with E-state index in [1.54, 1.807) is 48.5 Å². The Hall–Kier alpha value is -3.29. The Bertz CT molecular complexity index is 1010. The number of urea groups is 1. The Labute approximate surface area is 143 Å². The van der Waals surface area contributed by atoms with Gasteiger partial charge in [0, 0.05) is 37.0 Å². The van der Waals surface area contributed by atoms with Crippen LogP contribution in [0.5, 0.6) is 5.75 Å². The average molecular weight is 339 g/mol. The molecule has 0 saturated heterocycles. The monoisotopic (exact) mass is 339 g/mol. The maximum absolute atomic E-state index is 12.6. The van der Waals surface area contributed by atoms with Crippen LogP contribution in [0, 0.1) is 0 Å². The normalized spacial score (nSPS) is 13.6. The lowest BCUT2D eigenvalue weighted by molar-refractivity contribution is 0.205. The molecule has 0 spiro atoms. The highest BCUT2D eigenvalue weighted by Crippen LogP contribution is 2.19. The van der Waals surface area contributed by atoms with Crippen LogP contribution in [0.15, 0.2) is 41.3 Å². The molecule has 1 aliphatic rings. The van der Waals surface area contributed by atoms with E-state index in [4.69, 9.17) is 4.74 Å². The molecule has 8 heteroatoms. The topological polar surface area (TPSA) is 91.7 Å². The highest BCUT2D eigenvalue weighted by molar-refractivity contribution is 5.89. The Morgan fingerprint density at radius 3 is 3.08 bits per heavy atom. The number of ether oxygens (including phenoxy) is 1. The summed E-state index contributed by atoms with van der Waals surface area (Å²) in [4.78, 5) is 31.2. The first-order valence-corrected chi connectivity index (χ1v) is 7.93. The molecule has 0 bridgehead atoms. The summed E-state index contributed by atoms with van der Waals surface area (Å²) in [5.74, 6) is 0.665. The molecule has 2 aromatic heterocycles. The van der Waals surface area contributed by atoms with E-state index in [0.717, 1.165) is 5.69 Å². The van der Waals surface area contributed by atoms with E-state index in [9.17, 15) is 9.59 Å². The van der Waals surface area contributed by atoms with Crippen LogP contribution in [-0.4, -0.2) is 39.2 Å². The molecule has 0 fully saturated rings. The number of anilines is 1. The number of hydrogen-bond donors (Lipinski definition) is 2. The quantitative estimate of drug-likeness (QED) is 0.742. The first-order chi connectivity index (χ1) is 12.2. The van der Waals surface area contributed by atoms with Gasteiger partial charge in [0.1, 0.15) is 5.75 Å². The van der Waals surface area contributed by atoms with Crippen LogP contribution >= 0.6 is 0 Å². The number of amides is 2. The van der Waals surface area contributed by atoms with Gasteiger partial charge in [-0.1, -0.05) is 6.07 Å². The van der Waals surface area contributed by atoms with Gasteiger partial charge in [-0.05, 0) is 12.1 Å².